The van der Waals surface area contributed by atoms with Crippen LogP contribution in [-0.2, 0) is 6.54 Å². The van der Waals surface area contributed by atoms with Crippen molar-refractivity contribution in [2.45, 2.75) is 19.9 Å². The molecule has 0 aliphatic rings. The Labute approximate surface area is 110 Å². The zero-order chi connectivity index (χ0) is 12.0. The summed E-state index contributed by atoms with van der Waals surface area (Å²) in [6.07, 6.45) is 1.07. The summed E-state index contributed by atoms with van der Waals surface area (Å²) in [5.74, 6) is -0.179. The Hall–Kier alpha value is -0.120. The van der Waals surface area contributed by atoms with Crippen molar-refractivity contribution in [1.82, 2.24) is 4.90 Å². The number of hydrogen-bond acceptors (Lipinski definition) is 1. The zero-order valence-corrected chi connectivity index (χ0v) is 11.7. The molecule has 90 valence electrons. The normalized spacial score (nSPS) is 11.1. The third-order valence-corrected chi connectivity index (χ3v) is 3.25. The van der Waals surface area contributed by atoms with Crippen molar-refractivity contribution in [2.24, 2.45) is 0 Å². The van der Waals surface area contributed by atoms with E-state index < -0.39 is 0 Å². The first kappa shape index (κ1) is 13.9. The second-order valence-electron chi connectivity index (χ2n) is 3.65. The molecule has 0 N–H and O–H groups in total. The van der Waals surface area contributed by atoms with Crippen molar-refractivity contribution in [3.63, 3.8) is 0 Å². The van der Waals surface area contributed by atoms with Crippen LogP contribution in [0.15, 0.2) is 18.2 Å². The highest BCUT2D eigenvalue weighted by molar-refractivity contribution is 9.09. The second kappa shape index (κ2) is 7.25. The monoisotopic (exact) mass is 307 g/mol. The Morgan fingerprint density at radius 3 is 2.81 bits per heavy atom. The molecule has 0 aromatic heterocycles. The van der Waals surface area contributed by atoms with Crippen LogP contribution in [-0.4, -0.2) is 23.3 Å². The first-order valence-electron chi connectivity index (χ1n) is 5.39. The summed E-state index contributed by atoms with van der Waals surface area (Å²) in [4.78, 5) is 2.20. The third-order valence-electron chi connectivity index (χ3n) is 2.46. The van der Waals surface area contributed by atoms with Crippen LogP contribution in [0, 0.1) is 5.82 Å². The summed E-state index contributed by atoms with van der Waals surface area (Å²) in [6, 6.07) is 4.71. The smallest absolute Gasteiger partial charge is 0.127 e. The summed E-state index contributed by atoms with van der Waals surface area (Å²) in [6.45, 7) is 4.58. The van der Waals surface area contributed by atoms with Gasteiger partial charge < -0.3 is 0 Å². The quantitative estimate of drug-likeness (QED) is 0.716. The molecule has 0 heterocycles. The number of alkyl halides is 1. The maximum Gasteiger partial charge on any atom is 0.127 e. The van der Waals surface area contributed by atoms with Gasteiger partial charge in [0.1, 0.15) is 5.82 Å². The number of nitrogens with zero attached hydrogens (tertiary/aromatic N) is 1. The van der Waals surface area contributed by atoms with Crippen molar-refractivity contribution >= 4 is 27.5 Å². The van der Waals surface area contributed by atoms with E-state index in [1.165, 1.54) is 6.07 Å². The average molecular weight is 309 g/mol. The maximum atomic E-state index is 13.5. The van der Waals surface area contributed by atoms with Crippen LogP contribution in [0.1, 0.15) is 18.9 Å². The Kier molecular flexibility index (Phi) is 6.32. The van der Waals surface area contributed by atoms with Crippen molar-refractivity contribution in [3.05, 3.63) is 34.6 Å². The minimum Gasteiger partial charge on any atom is -0.299 e. The van der Waals surface area contributed by atoms with E-state index in [2.05, 4.69) is 27.8 Å². The lowest BCUT2D eigenvalue weighted by molar-refractivity contribution is 0.277. The van der Waals surface area contributed by atoms with E-state index in [9.17, 15) is 4.39 Å². The Morgan fingerprint density at radius 2 is 2.19 bits per heavy atom. The highest BCUT2D eigenvalue weighted by atomic mass is 79.9. The molecule has 0 amide bonds. The van der Waals surface area contributed by atoms with Gasteiger partial charge >= 0.3 is 0 Å². The number of rotatable bonds is 6. The molecule has 4 heteroatoms. The highest BCUT2D eigenvalue weighted by Crippen LogP contribution is 2.16. The van der Waals surface area contributed by atoms with Gasteiger partial charge in [-0.05, 0) is 37.7 Å². The van der Waals surface area contributed by atoms with E-state index in [1.807, 2.05) is 0 Å². The highest BCUT2D eigenvalue weighted by Gasteiger charge is 2.08. The molecular formula is C12H16BrClFN. The minimum absolute atomic E-state index is 0.179. The van der Waals surface area contributed by atoms with Crippen molar-refractivity contribution < 1.29 is 4.39 Å². The first-order chi connectivity index (χ1) is 7.67. The predicted molar refractivity (Wildman–Crippen MR) is 70.8 cm³/mol. The Balaban J connectivity index is 2.65. The maximum absolute atomic E-state index is 13.5. The molecule has 16 heavy (non-hydrogen) atoms. The van der Waals surface area contributed by atoms with Crippen LogP contribution >= 0.6 is 27.5 Å². The molecule has 1 aromatic rings. The second-order valence-corrected chi connectivity index (χ2v) is 4.88. The molecule has 0 aliphatic carbocycles. The predicted octanol–water partition coefficient (Wildman–Crippen LogP) is 4.09. The summed E-state index contributed by atoms with van der Waals surface area (Å²) in [7, 11) is 0. The molecule has 1 aromatic carbocycles. The minimum atomic E-state index is -0.179. The fraction of sp³-hybridized carbons (Fsp3) is 0.500. The summed E-state index contributed by atoms with van der Waals surface area (Å²) >= 11 is 9.25. The third kappa shape index (κ3) is 4.40. The molecule has 0 unspecified atom stereocenters. The summed E-state index contributed by atoms with van der Waals surface area (Å²) in [5, 5.41) is 1.56. The van der Waals surface area contributed by atoms with Gasteiger partial charge in [-0.25, -0.2) is 4.39 Å². The molecule has 0 saturated heterocycles. The lowest BCUT2D eigenvalue weighted by atomic mass is 10.2. The average Bonchev–Trinajstić information content (AvgIpc) is 2.28. The number of hydrogen-bond donors (Lipinski definition) is 0. The first-order valence-corrected chi connectivity index (χ1v) is 6.89. The molecule has 0 fully saturated rings. The van der Waals surface area contributed by atoms with E-state index in [0.717, 1.165) is 24.8 Å². The largest absolute Gasteiger partial charge is 0.299 e. The van der Waals surface area contributed by atoms with Crippen LogP contribution in [0.3, 0.4) is 0 Å². The van der Waals surface area contributed by atoms with Crippen molar-refractivity contribution in [1.29, 1.82) is 0 Å². The summed E-state index contributed by atoms with van der Waals surface area (Å²) in [5.41, 5.74) is 0.670. The Bertz CT molecular complexity index is 333. The van der Waals surface area contributed by atoms with Gasteiger partial charge in [-0.1, -0.05) is 34.5 Å². The van der Waals surface area contributed by atoms with Crippen LogP contribution < -0.4 is 0 Å². The Morgan fingerprint density at radius 1 is 1.44 bits per heavy atom. The lowest BCUT2D eigenvalue weighted by Gasteiger charge is -2.20. The lowest BCUT2D eigenvalue weighted by Crippen LogP contribution is -2.24. The van der Waals surface area contributed by atoms with E-state index in [4.69, 9.17) is 11.6 Å². The summed E-state index contributed by atoms with van der Waals surface area (Å²) < 4.78 is 13.5. The van der Waals surface area contributed by atoms with Crippen LogP contribution in [0.2, 0.25) is 5.02 Å². The van der Waals surface area contributed by atoms with Crippen molar-refractivity contribution in [2.75, 3.05) is 18.4 Å². The standard InChI is InChI=1S/C12H16BrClFN/c1-2-16(7-3-6-13)9-10-8-11(14)4-5-12(10)15/h4-5,8H,2-3,6-7,9H2,1H3. The molecule has 0 atom stereocenters. The van der Waals surface area contributed by atoms with Gasteiger partial charge in [-0.2, -0.15) is 0 Å². The van der Waals surface area contributed by atoms with Gasteiger partial charge in [0.15, 0.2) is 0 Å². The van der Waals surface area contributed by atoms with Crippen LogP contribution in [0.5, 0.6) is 0 Å². The molecular weight excluding hydrogens is 292 g/mol. The molecule has 0 bridgehead atoms. The van der Waals surface area contributed by atoms with Gasteiger partial charge in [0, 0.05) is 22.5 Å². The van der Waals surface area contributed by atoms with Crippen LogP contribution in [0.4, 0.5) is 4.39 Å². The van der Waals surface area contributed by atoms with Gasteiger partial charge in [-0.15, -0.1) is 0 Å². The number of benzene rings is 1. The molecule has 0 radical (unpaired) electrons. The SMILES string of the molecule is CCN(CCCBr)Cc1cc(Cl)ccc1F. The van der Waals surface area contributed by atoms with Crippen LogP contribution in [0.25, 0.3) is 0 Å². The van der Waals surface area contributed by atoms with Gasteiger partial charge in [-0.3, -0.25) is 4.90 Å². The molecule has 1 rings (SSSR count). The van der Waals surface area contributed by atoms with E-state index in [-0.39, 0.29) is 5.82 Å². The number of halogens is 3. The van der Waals surface area contributed by atoms with E-state index >= 15 is 0 Å². The van der Waals surface area contributed by atoms with Gasteiger partial charge in [0.2, 0.25) is 0 Å². The molecule has 0 aliphatic heterocycles. The zero-order valence-electron chi connectivity index (χ0n) is 9.35. The van der Waals surface area contributed by atoms with E-state index in [0.29, 0.717) is 17.1 Å². The van der Waals surface area contributed by atoms with Crippen molar-refractivity contribution in [3.8, 4) is 0 Å². The van der Waals surface area contributed by atoms with Gasteiger partial charge in [0.05, 0.1) is 0 Å². The van der Waals surface area contributed by atoms with E-state index in [1.54, 1.807) is 12.1 Å². The fourth-order valence-electron chi connectivity index (χ4n) is 1.54. The molecule has 0 saturated carbocycles. The van der Waals surface area contributed by atoms with Gasteiger partial charge in [0.25, 0.3) is 0 Å². The molecule has 0 spiro atoms. The fourth-order valence-corrected chi connectivity index (χ4v) is 1.98. The molecule has 1 nitrogen and oxygen atoms in total. The topological polar surface area (TPSA) is 3.24 Å².